The van der Waals surface area contributed by atoms with Gasteiger partial charge in [-0.3, -0.25) is 0 Å². The Bertz CT molecular complexity index is 489. The lowest BCUT2D eigenvalue weighted by atomic mass is 10.3. The van der Waals surface area contributed by atoms with Crippen LogP contribution in [0.2, 0.25) is 0 Å². The molecule has 0 aliphatic rings. The second-order valence-corrected chi connectivity index (χ2v) is 4.15. The van der Waals surface area contributed by atoms with Crippen LogP contribution < -0.4 is 10.9 Å². The topological polar surface area (TPSA) is 119 Å². The number of nitrogens with zero attached hydrogens (tertiary/aromatic N) is 1. The van der Waals surface area contributed by atoms with Crippen molar-refractivity contribution in [3.63, 3.8) is 0 Å². The molecule has 0 saturated carbocycles. The number of alkyl halides is 2. The molecular weight excluding hydrogens is 232 g/mol. The number of aromatic nitrogens is 1. The molecule has 0 amide bonds. The molecule has 0 spiro atoms. The fraction of sp³-hybridized carbons (Fsp3) is 0.167. The zero-order valence-corrected chi connectivity index (χ0v) is 8.00. The second-order valence-electron chi connectivity index (χ2n) is 2.62. The van der Waals surface area contributed by atoms with Crippen molar-refractivity contribution >= 4 is 15.8 Å². The van der Waals surface area contributed by atoms with Crippen LogP contribution in [-0.2, 0) is 10.0 Å². The molecule has 9 heteroatoms. The predicted molar refractivity (Wildman–Crippen MR) is 46.6 cm³/mol. The Morgan fingerprint density at radius 2 is 2.00 bits per heavy atom. The van der Waals surface area contributed by atoms with Crippen LogP contribution >= 0.6 is 0 Å². The molecule has 0 fully saturated rings. The van der Waals surface area contributed by atoms with E-state index in [-0.39, 0.29) is 0 Å². The van der Waals surface area contributed by atoms with E-state index in [0.717, 1.165) is 0 Å². The molecule has 1 heterocycles. The summed E-state index contributed by atoms with van der Waals surface area (Å²) in [7, 11) is -4.32. The lowest BCUT2D eigenvalue weighted by Crippen LogP contribution is -2.14. The smallest absolute Gasteiger partial charge is 0.284 e. The van der Waals surface area contributed by atoms with Gasteiger partial charge in [-0.25, -0.2) is 27.3 Å². The minimum atomic E-state index is -4.32. The van der Waals surface area contributed by atoms with E-state index in [1.165, 1.54) is 0 Å². The highest BCUT2D eigenvalue weighted by Gasteiger charge is 2.24. The minimum Gasteiger partial charge on any atom is -0.505 e. The van der Waals surface area contributed by atoms with Gasteiger partial charge in [-0.05, 0) is 0 Å². The molecule has 5 N–H and O–H groups in total. The summed E-state index contributed by atoms with van der Waals surface area (Å²) in [4.78, 5) is 2.23. The Morgan fingerprint density at radius 1 is 1.47 bits per heavy atom. The first-order valence-electron chi connectivity index (χ1n) is 3.54. The van der Waals surface area contributed by atoms with Crippen LogP contribution in [0.15, 0.2) is 11.0 Å². The number of sulfonamides is 1. The van der Waals surface area contributed by atoms with Crippen molar-refractivity contribution in [1.82, 2.24) is 4.98 Å². The molecule has 0 aliphatic heterocycles. The lowest BCUT2D eigenvalue weighted by molar-refractivity contribution is 0.141. The van der Waals surface area contributed by atoms with E-state index in [4.69, 9.17) is 10.8 Å². The Labute approximate surface area is 83.6 Å². The van der Waals surface area contributed by atoms with Gasteiger partial charge in [0, 0.05) is 6.07 Å². The fourth-order valence-corrected chi connectivity index (χ4v) is 1.58. The summed E-state index contributed by atoms with van der Waals surface area (Å²) in [6, 6.07) is 0.705. The molecule has 0 bridgehead atoms. The van der Waals surface area contributed by atoms with Crippen molar-refractivity contribution in [3.05, 3.63) is 11.8 Å². The van der Waals surface area contributed by atoms with E-state index in [2.05, 4.69) is 10.1 Å². The molecule has 1 rings (SSSR count). The van der Waals surface area contributed by atoms with Crippen molar-refractivity contribution in [1.29, 1.82) is 0 Å². The van der Waals surface area contributed by atoms with Gasteiger partial charge in [-0.15, -0.1) is 0 Å². The molecule has 0 aromatic carbocycles. The quantitative estimate of drug-likeness (QED) is 0.668. The van der Waals surface area contributed by atoms with Crippen LogP contribution in [0.3, 0.4) is 0 Å². The Balaban J connectivity index is 3.56. The maximum absolute atomic E-state index is 12.3. The van der Waals surface area contributed by atoms with Gasteiger partial charge >= 0.3 is 0 Å². The number of rotatable bonds is 2. The first-order chi connectivity index (χ1) is 6.73. The highest BCUT2D eigenvalue weighted by atomic mass is 32.2. The zero-order valence-electron chi connectivity index (χ0n) is 7.18. The molecule has 0 atom stereocenters. The molecule has 84 valence electrons. The summed E-state index contributed by atoms with van der Waals surface area (Å²) in [6.45, 7) is 0. The highest BCUT2D eigenvalue weighted by molar-refractivity contribution is 7.89. The molecule has 0 unspecified atom stereocenters. The van der Waals surface area contributed by atoms with Crippen LogP contribution in [-0.4, -0.2) is 18.5 Å². The normalized spacial score (nSPS) is 12.0. The predicted octanol–water partition coefficient (Wildman–Crippen LogP) is -0.0456. The molecule has 15 heavy (non-hydrogen) atoms. The molecule has 0 aliphatic carbocycles. The minimum absolute atomic E-state index is 0.466. The summed E-state index contributed by atoms with van der Waals surface area (Å²) in [5, 5.41) is 13.8. The van der Waals surface area contributed by atoms with E-state index in [0.29, 0.717) is 6.07 Å². The van der Waals surface area contributed by atoms with Gasteiger partial charge in [0.2, 0.25) is 10.0 Å². The molecule has 0 radical (unpaired) electrons. The molecule has 1 aromatic heterocycles. The number of halogens is 2. The summed E-state index contributed by atoms with van der Waals surface area (Å²) >= 11 is 0. The third kappa shape index (κ3) is 2.30. The van der Waals surface area contributed by atoms with Crippen LogP contribution in [0, 0.1) is 0 Å². The maximum Gasteiger partial charge on any atom is 0.284 e. The standard InChI is InChI=1S/C6H7F2N3O3S/c7-6(8)4-5(12)2(15(10,13)14)1-3(9)11-4/h1,6,12H,(H2,9,11)(H2,10,13,14). The maximum atomic E-state index is 12.3. The van der Waals surface area contributed by atoms with Gasteiger partial charge in [-0.1, -0.05) is 0 Å². The number of primary sulfonamides is 1. The number of pyridine rings is 1. The fourth-order valence-electron chi connectivity index (χ4n) is 0.922. The second kappa shape index (κ2) is 3.59. The van der Waals surface area contributed by atoms with E-state index in [1.54, 1.807) is 0 Å². The molecular formula is C6H7F2N3O3S. The van der Waals surface area contributed by atoms with E-state index < -0.39 is 38.6 Å². The number of nitrogens with two attached hydrogens (primary N) is 2. The Kier molecular flexibility index (Phi) is 2.77. The summed E-state index contributed by atoms with van der Waals surface area (Å²) < 4.78 is 46.3. The van der Waals surface area contributed by atoms with Gasteiger partial charge in [0.25, 0.3) is 6.43 Å². The van der Waals surface area contributed by atoms with Crippen LogP contribution in [0.5, 0.6) is 5.75 Å². The lowest BCUT2D eigenvalue weighted by Gasteiger charge is -2.07. The molecule has 0 saturated heterocycles. The Hall–Kier alpha value is -1.48. The van der Waals surface area contributed by atoms with Gasteiger partial charge in [0.05, 0.1) is 0 Å². The van der Waals surface area contributed by atoms with Crippen molar-refractivity contribution < 1.29 is 22.3 Å². The van der Waals surface area contributed by atoms with Gasteiger partial charge in [0.1, 0.15) is 10.7 Å². The number of aromatic hydroxyl groups is 1. The first-order valence-corrected chi connectivity index (χ1v) is 5.08. The highest BCUT2D eigenvalue weighted by Crippen LogP contribution is 2.32. The van der Waals surface area contributed by atoms with Crippen molar-refractivity contribution in [2.24, 2.45) is 5.14 Å². The van der Waals surface area contributed by atoms with Gasteiger partial charge in [-0.2, -0.15) is 0 Å². The SMILES string of the molecule is Nc1cc(S(N)(=O)=O)c(O)c(C(F)F)n1. The molecule has 6 nitrogen and oxygen atoms in total. The van der Waals surface area contributed by atoms with Crippen molar-refractivity contribution in [2.45, 2.75) is 11.3 Å². The Morgan fingerprint density at radius 3 is 2.40 bits per heavy atom. The third-order valence-electron chi connectivity index (χ3n) is 1.52. The van der Waals surface area contributed by atoms with Gasteiger partial charge < -0.3 is 10.8 Å². The monoisotopic (exact) mass is 239 g/mol. The van der Waals surface area contributed by atoms with E-state index in [9.17, 15) is 17.2 Å². The number of anilines is 1. The van der Waals surface area contributed by atoms with E-state index in [1.807, 2.05) is 0 Å². The van der Waals surface area contributed by atoms with E-state index >= 15 is 0 Å². The number of hydrogen-bond donors (Lipinski definition) is 3. The summed E-state index contributed by atoms with van der Waals surface area (Å²) in [5.41, 5.74) is 3.98. The number of nitrogen functional groups attached to an aromatic ring is 1. The molecule has 1 aromatic rings. The van der Waals surface area contributed by atoms with Gasteiger partial charge in [0.15, 0.2) is 11.4 Å². The van der Waals surface area contributed by atoms with Crippen LogP contribution in [0.1, 0.15) is 12.1 Å². The zero-order chi connectivity index (χ0) is 11.8. The first kappa shape index (κ1) is 11.6. The van der Waals surface area contributed by atoms with Crippen LogP contribution in [0.25, 0.3) is 0 Å². The largest absolute Gasteiger partial charge is 0.505 e. The third-order valence-corrected chi connectivity index (χ3v) is 2.44. The van der Waals surface area contributed by atoms with Crippen molar-refractivity contribution in [3.8, 4) is 5.75 Å². The summed E-state index contributed by atoms with van der Waals surface area (Å²) in [6.07, 6.45) is -3.14. The van der Waals surface area contributed by atoms with Crippen molar-refractivity contribution in [2.75, 3.05) is 5.73 Å². The number of hydrogen-bond acceptors (Lipinski definition) is 5. The average molecular weight is 239 g/mol. The average Bonchev–Trinajstić information content (AvgIpc) is 2.06. The summed E-state index contributed by atoms with van der Waals surface area (Å²) in [5.74, 6) is -1.64. The van der Waals surface area contributed by atoms with Crippen LogP contribution in [0.4, 0.5) is 14.6 Å².